The van der Waals surface area contributed by atoms with Crippen LogP contribution in [0.25, 0.3) is 0 Å². The molecule has 1 heterocycles. The summed E-state index contributed by atoms with van der Waals surface area (Å²) in [6, 6.07) is 0. The maximum Gasteiger partial charge on any atom is 0.522 e. The highest BCUT2D eigenvalue weighted by Crippen LogP contribution is 2.22. The molecule has 0 bridgehead atoms. The van der Waals surface area contributed by atoms with Crippen LogP contribution in [0.5, 0.6) is 0 Å². The first-order valence-corrected chi connectivity index (χ1v) is 5.72. The summed E-state index contributed by atoms with van der Waals surface area (Å²) < 4.78 is 38.2. The van der Waals surface area contributed by atoms with Crippen LogP contribution in [0.3, 0.4) is 0 Å². The van der Waals surface area contributed by atoms with E-state index in [0.29, 0.717) is 5.92 Å². The monoisotopic (exact) mass is 229 g/mol. The Bertz CT molecular complexity index is 159. The minimum atomic E-state index is -4.50. The first-order valence-electron chi connectivity index (χ1n) is 4.57. The molecule has 1 aliphatic heterocycles. The van der Waals surface area contributed by atoms with Gasteiger partial charge in [0.2, 0.25) is 0 Å². The summed E-state index contributed by atoms with van der Waals surface area (Å²) in [6.07, 6.45) is -3.33. The van der Waals surface area contributed by atoms with E-state index >= 15 is 0 Å². The Kier molecular flexibility index (Phi) is 5.05. The largest absolute Gasteiger partial charge is 0.522 e. The van der Waals surface area contributed by atoms with Gasteiger partial charge >= 0.3 is 6.36 Å². The van der Waals surface area contributed by atoms with E-state index in [9.17, 15) is 13.2 Å². The molecule has 0 aromatic carbocycles. The Balaban J connectivity index is 1.89. The first-order chi connectivity index (χ1) is 6.58. The number of hydrogen-bond acceptors (Lipinski definition) is 3. The number of ether oxygens (including phenoxy) is 1. The van der Waals surface area contributed by atoms with E-state index in [1.54, 1.807) is 0 Å². The van der Waals surface area contributed by atoms with Crippen molar-refractivity contribution in [2.45, 2.75) is 12.8 Å². The lowest BCUT2D eigenvalue weighted by molar-refractivity contribution is -0.323. The number of hydrogen-bond donors (Lipinski definition) is 1. The molecule has 1 fully saturated rings. The van der Waals surface area contributed by atoms with E-state index in [1.807, 2.05) is 11.8 Å². The topological polar surface area (TPSA) is 21.3 Å². The van der Waals surface area contributed by atoms with Crippen molar-refractivity contribution in [2.75, 3.05) is 31.2 Å². The van der Waals surface area contributed by atoms with Gasteiger partial charge in [-0.25, -0.2) is 0 Å². The van der Waals surface area contributed by atoms with Crippen molar-refractivity contribution in [1.29, 1.82) is 0 Å². The van der Waals surface area contributed by atoms with Crippen LogP contribution in [-0.2, 0) is 4.74 Å². The Labute approximate surface area is 85.6 Å². The van der Waals surface area contributed by atoms with Crippen molar-refractivity contribution in [3.8, 4) is 0 Å². The zero-order valence-corrected chi connectivity index (χ0v) is 8.59. The minimum Gasteiger partial charge on any atom is -0.314 e. The van der Waals surface area contributed by atoms with E-state index in [4.69, 9.17) is 0 Å². The molecule has 1 N–H and O–H groups in total. The lowest BCUT2D eigenvalue weighted by Gasteiger charge is -2.11. The third-order valence-electron chi connectivity index (χ3n) is 2.00. The maximum absolute atomic E-state index is 11.5. The standard InChI is InChI=1S/C8H14F3NOS/c9-8(10,11)13-3-2-12-5-7-1-4-14-6-7/h7,12H,1-6H2. The van der Waals surface area contributed by atoms with Gasteiger partial charge in [-0.15, -0.1) is 13.2 Å². The zero-order valence-electron chi connectivity index (χ0n) is 7.77. The van der Waals surface area contributed by atoms with Crippen molar-refractivity contribution in [2.24, 2.45) is 5.92 Å². The highest BCUT2D eigenvalue weighted by Gasteiger charge is 2.28. The molecule has 0 aromatic heterocycles. The molecule has 0 aliphatic carbocycles. The number of nitrogens with one attached hydrogen (secondary N) is 1. The SMILES string of the molecule is FC(F)(F)OCCNCC1CCSC1. The molecule has 2 nitrogen and oxygen atoms in total. The van der Waals surface area contributed by atoms with Gasteiger partial charge in [0.1, 0.15) is 0 Å². The average Bonchev–Trinajstić information content (AvgIpc) is 2.54. The van der Waals surface area contributed by atoms with E-state index in [2.05, 4.69) is 10.1 Å². The smallest absolute Gasteiger partial charge is 0.314 e. The van der Waals surface area contributed by atoms with Gasteiger partial charge in [0.05, 0.1) is 6.61 Å². The maximum atomic E-state index is 11.5. The van der Waals surface area contributed by atoms with Gasteiger partial charge in [0, 0.05) is 6.54 Å². The summed E-state index contributed by atoms with van der Waals surface area (Å²) in [5.41, 5.74) is 0. The quantitative estimate of drug-likeness (QED) is 0.727. The van der Waals surface area contributed by atoms with E-state index in [-0.39, 0.29) is 13.2 Å². The van der Waals surface area contributed by atoms with Crippen LogP contribution in [-0.4, -0.2) is 37.6 Å². The first kappa shape index (κ1) is 12.1. The van der Waals surface area contributed by atoms with Gasteiger partial charge in [-0.2, -0.15) is 11.8 Å². The number of rotatable bonds is 5. The van der Waals surface area contributed by atoms with Gasteiger partial charge in [0.15, 0.2) is 0 Å². The Morgan fingerprint density at radius 2 is 2.21 bits per heavy atom. The van der Waals surface area contributed by atoms with Crippen molar-refractivity contribution in [3.63, 3.8) is 0 Å². The lowest BCUT2D eigenvalue weighted by Crippen LogP contribution is -2.28. The number of halogens is 3. The van der Waals surface area contributed by atoms with Crippen molar-refractivity contribution < 1.29 is 17.9 Å². The number of thioether (sulfide) groups is 1. The second-order valence-electron chi connectivity index (χ2n) is 3.23. The minimum absolute atomic E-state index is 0.265. The molecular weight excluding hydrogens is 215 g/mol. The Hall–Kier alpha value is 0.0600. The average molecular weight is 229 g/mol. The molecule has 14 heavy (non-hydrogen) atoms. The van der Waals surface area contributed by atoms with Crippen LogP contribution in [0.2, 0.25) is 0 Å². The van der Waals surface area contributed by atoms with E-state index < -0.39 is 6.36 Å². The second-order valence-corrected chi connectivity index (χ2v) is 4.38. The molecule has 0 radical (unpaired) electrons. The fourth-order valence-corrected chi connectivity index (χ4v) is 2.57. The summed E-state index contributed by atoms with van der Waals surface area (Å²) in [5.74, 6) is 2.91. The fraction of sp³-hybridized carbons (Fsp3) is 1.00. The highest BCUT2D eigenvalue weighted by atomic mass is 32.2. The van der Waals surface area contributed by atoms with Crippen molar-refractivity contribution in [3.05, 3.63) is 0 Å². The zero-order chi connectivity index (χ0) is 10.4. The Morgan fingerprint density at radius 3 is 2.79 bits per heavy atom. The van der Waals surface area contributed by atoms with Gasteiger partial charge in [0.25, 0.3) is 0 Å². The lowest BCUT2D eigenvalue weighted by atomic mass is 10.1. The van der Waals surface area contributed by atoms with Gasteiger partial charge < -0.3 is 5.32 Å². The second kappa shape index (κ2) is 5.82. The van der Waals surface area contributed by atoms with Crippen molar-refractivity contribution >= 4 is 11.8 Å². The third kappa shape index (κ3) is 5.72. The Morgan fingerprint density at radius 1 is 1.43 bits per heavy atom. The van der Waals surface area contributed by atoms with Crippen LogP contribution in [0.4, 0.5) is 13.2 Å². The van der Waals surface area contributed by atoms with Crippen LogP contribution in [0, 0.1) is 5.92 Å². The summed E-state index contributed by atoms with van der Waals surface area (Å²) in [5, 5.41) is 2.96. The molecule has 0 aromatic rings. The van der Waals surface area contributed by atoms with Crippen LogP contribution < -0.4 is 5.32 Å². The van der Waals surface area contributed by atoms with Gasteiger partial charge in [-0.05, 0) is 30.4 Å². The van der Waals surface area contributed by atoms with Crippen LogP contribution >= 0.6 is 11.8 Å². The molecule has 1 unspecified atom stereocenters. The van der Waals surface area contributed by atoms with Crippen LogP contribution in [0.15, 0.2) is 0 Å². The van der Waals surface area contributed by atoms with E-state index in [0.717, 1.165) is 18.7 Å². The normalized spacial score (nSPS) is 22.9. The van der Waals surface area contributed by atoms with Crippen molar-refractivity contribution in [1.82, 2.24) is 5.32 Å². The van der Waals surface area contributed by atoms with Crippen LogP contribution in [0.1, 0.15) is 6.42 Å². The number of alkyl halides is 3. The molecule has 1 rings (SSSR count). The molecule has 1 aliphatic rings. The molecule has 0 saturated carbocycles. The molecule has 0 amide bonds. The molecule has 1 saturated heterocycles. The van der Waals surface area contributed by atoms with Gasteiger partial charge in [-0.1, -0.05) is 0 Å². The molecule has 1 atom stereocenters. The molecule has 84 valence electrons. The summed E-state index contributed by atoms with van der Waals surface area (Å²) >= 11 is 1.90. The third-order valence-corrected chi connectivity index (χ3v) is 3.23. The highest BCUT2D eigenvalue weighted by molar-refractivity contribution is 7.99. The molecule has 6 heteroatoms. The fourth-order valence-electron chi connectivity index (χ4n) is 1.29. The predicted octanol–water partition coefficient (Wildman–Crippen LogP) is 1.87. The summed E-state index contributed by atoms with van der Waals surface area (Å²) in [6.45, 7) is 0.762. The summed E-state index contributed by atoms with van der Waals surface area (Å²) in [4.78, 5) is 0. The molecule has 0 spiro atoms. The summed E-state index contributed by atoms with van der Waals surface area (Å²) in [7, 11) is 0. The molecular formula is C8H14F3NOS. The predicted molar refractivity (Wildman–Crippen MR) is 50.3 cm³/mol. The van der Waals surface area contributed by atoms with Gasteiger partial charge in [-0.3, -0.25) is 4.74 Å². The van der Waals surface area contributed by atoms with E-state index in [1.165, 1.54) is 5.75 Å².